The lowest BCUT2D eigenvalue weighted by Gasteiger charge is -2.14. The number of ether oxygens (including phenoxy) is 1. The monoisotopic (exact) mass is 516 g/mol. The topological polar surface area (TPSA) is 131 Å². The van der Waals surface area contributed by atoms with Crippen LogP contribution in [0.15, 0.2) is 48.0 Å². The average molecular weight is 517 g/mol. The molecule has 4 aromatic rings. The maximum atomic E-state index is 13.5. The Balaban J connectivity index is 1.75. The maximum absolute atomic E-state index is 13.5. The number of carbonyl (C=O) groups excluding carboxylic acids is 2. The van der Waals surface area contributed by atoms with E-state index in [1.54, 1.807) is 19.4 Å². The largest absolute Gasteiger partial charge is 0.403 e. The zero-order valence-corrected chi connectivity index (χ0v) is 20.8. The van der Waals surface area contributed by atoms with Crippen LogP contribution < -0.4 is 4.74 Å². The van der Waals surface area contributed by atoms with Crippen LogP contribution in [-0.4, -0.2) is 55.8 Å². The minimum absolute atomic E-state index is 0.0124. The molecule has 0 bridgehead atoms. The quantitative estimate of drug-likeness (QED) is 0.270. The van der Waals surface area contributed by atoms with Crippen molar-refractivity contribution < 1.29 is 22.7 Å². The highest BCUT2D eigenvalue weighted by atomic mass is 35.5. The van der Waals surface area contributed by atoms with Crippen molar-refractivity contribution in [2.45, 2.75) is 18.4 Å². The van der Waals surface area contributed by atoms with E-state index in [0.717, 1.165) is 11.8 Å². The van der Waals surface area contributed by atoms with Crippen LogP contribution in [0, 0.1) is 6.92 Å². The Labute approximate surface area is 205 Å². The first-order valence-corrected chi connectivity index (χ1v) is 12.5. The number of halogens is 1. The summed E-state index contributed by atoms with van der Waals surface area (Å²) in [5.41, 5.74) is 1.31. The van der Waals surface area contributed by atoms with Gasteiger partial charge in [-0.1, -0.05) is 11.6 Å². The van der Waals surface area contributed by atoms with Crippen LogP contribution in [0.2, 0.25) is 5.02 Å². The Morgan fingerprint density at radius 3 is 2.37 bits per heavy atom. The molecule has 0 fully saturated rings. The van der Waals surface area contributed by atoms with Crippen molar-refractivity contribution >= 4 is 33.2 Å². The van der Waals surface area contributed by atoms with Gasteiger partial charge >= 0.3 is 5.97 Å². The fraction of sp³-hybridized carbons (Fsp3) is 0.227. The average Bonchev–Trinajstić information content (AvgIpc) is 3.49. The molecule has 0 radical (unpaired) electrons. The smallest absolute Gasteiger partial charge is 0.348 e. The van der Waals surface area contributed by atoms with Crippen LogP contribution in [0.3, 0.4) is 0 Å². The lowest BCUT2D eigenvalue weighted by atomic mass is 10.0. The van der Waals surface area contributed by atoms with Gasteiger partial charge in [0.2, 0.25) is 11.7 Å². The van der Waals surface area contributed by atoms with E-state index in [4.69, 9.17) is 16.3 Å². The van der Waals surface area contributed by atoms with Crippen LogP contribution in [0.1, 0.15) is 37.4 Å². The number of hydrogen-bond acceptors (Lipinski definition) is 8. The molecule has 35 heavy (non-hydrogen) atoms. The highest BCUT2D eigenvalue weighted by Crippen LogP contribution is 2.32. The molecule has 0 amide bonds. The number of aryl methyl sites for hydroxylation is 3. The fourth-order valence-corrected chi connectivity index (χ4v) is 4.81. The molecule has 3 aromatic heterocycles. The molecule has 13 heteroatoms. The second kappa shape index (κ2) is 9.12. The van der Waals surface area contributed by atoms with Gasteiger partial charge in [-0.25, -0.2) is 17.9 Å². The molecule has 0 aliphatic carbocycles. The molecular weight excluding hydrogens is 496 g/mol. The minimum atomic E-state index is -3.66. The second-order valence-electron chi connectivity index (χ2n) is 8.00. The second-order valence-corrected chi connectivity index (χ2v) is 10.4. The summed E-state index contributed by atoms with van der Waals surface area (Å²) in [6.07, 6.45) is 8.49. The first-order valence-electron chi connectivity index (χ1n) is 10.2. The fourth-order valence-electron chi connectivity index (χ4n) is 3.51. The molecular formula is C22H21ClN6O5S. The first kappa shape index (κ1) is 24.4. The lowest BCUT2D eigenvalue weighted by Crippen LogP contribution is -2.15. The molecule has 0 unspecified atom stereocenters. The van der Waals surface area contributed by atoms with Crippen molar-refractivity contribution in [3.05, 3.63) is 76.0 Å². The molecule has 0 saturated carbocycles. The Morgan fingerprint density at radius 1 is 1.03 bits per heavy atom. The third kappa shape index (κ3) is 4.88. The molecule has 11 nitrogen and oxygen atoms in total. The number of benzene rings is 1. The number of hydrogen-bond donors (Lipinski definition) is 0. The van der Waals surface area contributed by atoms with Crippen molar-refractivity contribution in [1.82, 2.24) is 29.3 Å². The van der Waals surface area contributed by atoms with Gasteiger partial charge in [0.1, 0.15) is 5.56 Å². The molecule has 4 rings (SSSR count). The molecule has 0 aliphatic rings. The van der Waals surface area contributed by atoms with E-state index in [2.05, 4.69) is 15.3 Å². The lowest BCUT2D eigenvalue weighted by molar-refractivity contribution is 0.0718. The zero-order chi connectivity index (χ0) is 25.5. The van der Waals surface area contributed by atoms with Crippen LogP contribution in [0.5, 0.6) is 5.88 Å². The van der Waals surface area contributed by atoms with Crippen molar-refractivity contribution in [1.29, 1.82) is 0 Å². The number of rotatable bonds is 7. The number of ketones is 1. The Kier molecular flexibility index (Phi) is 6.34. The molecule has 3 heterocycles. The van der Waals surface area contributed by atoms with E-state index in [1.807, 2.05) is 6.92 Å². The van der Waals surface area contributed by atoms with Crippen molar-refractivity contribution in [3.8, 4) is 5.88 Å². The van der Waals surface area contributed by atoms with Crippen LogP contribution in [0.4, 0.5) is 0 Å². The first-order chi connectivity index (χ1) is 16.5. The Bertz CT molecular complexity index is 1570. The van der Waals surface area contributed by atoms with Crippen molar-refractivity contribution in [2.24, 2.45) is 14.1 Å². The molecule has 0 aliphatic heterocycles. The summed E-state index contributed by atoms with van der Waals surface area (Å²) >= 11 is 6.61. The van der Waals surface area contributed by atoms with Gasteiger partial charge in [-0.2, -0.15) is 15.3 Å². The number of sulfone groups is 1. The number of esters is 1. The molecule has 1 aromatic carbocycles. The van der Waals surface area contributed by atoms with Gasteiger partial charge < -0.3 is 4.74 Å². The highest BCUT2D eigenvalue weighted by molar-refractivity contribution is 7.90. The molecule has 0 saturated heterocycles. The number of aromatic nitrogens is 6. The van der Waals surface area contributed by atoms with Gasteiger partial charge in [0.05, 0.1) is 40.6 Å². The van der Waals surface area contributed by atoms with Crippen molar-refractivity contribution in [3.63, 3.8) is 0 Å². The molecule has 0 spiro atoms. The van der Waals surface area contributed by atoms with E-state index in [-0.39, 0.29) is 44.6 Å². The van der Waals surface area contributed by atoms with Gasteiger partial charge in [0, 0.05) is 43.9 Å². The molecule has 0 atom stereocenters. The van der Waals surface area contributed by atoms with E-state index in [9.17, 15) is 18.0 Å². The number of carbonyl (C=O) groups is 2. The highest BCUT2D eigenvalue weighted by Gasteiger charge is 2.27. The predicted molar refractivity (Wildman–Crippen MR) is 125 cm³/mol. The van der Waals surface area contributed by atoms with Crippen LogP contribution in [-0.2, 0) is 30.5 Å². The van der Waals surface area contributed by atoms with Crippen molar-refractivity contribution in [2.75, 3.05) is 6.26 Å². The van der Waals surface area contributed by atoms with Gasteiger partial charge in [-0.3, -0.25) is 14.2 Å². The Morgan fingerprint density at radius 2 is 1.77 bits per heavy atom. The third-order valence-corrected chi connectivity index (χ3v) is 6.80. The van der Waals surface area contributed by atoms with Gasteiger partial charge in [-0.05, 0) is 24.6 Å². The van der Waals surface area contributed by atoms with E-state index in [1.165, 1.54) is 51.8 Å². The minimum Gasteiger partial charge on any atom is -0.403 e. The predicted octanol–water partition coefficient (Wildman–Crippen LogP) is 2.21. The summed E-state index contributed by atoms with van der Waals surface area (Å²) in [4.78, 5) is 26.0. The van der Waals surface area contributed by atoms with E-state index >= 15 is 0 Å². The van der Waals surface area contributed by atoms with Gasteiger partial charge in [0.15, 0.2) is 9.84 Å². The molecule has 0 N–H and O–H groups in total. The summed E-state index contributed by atoms with van der Waals surface area (Å²) in [5, 5.41) is 12.1. The SMILES string of the molecule is Cc1cnn(Cc2c(S(C)(=O)=O)ccc(C(=O)c3cnn(C)c3OC(=O)c3cnn(C)c3)c2Cl)c1. The standard InChI is InChI=1S/C22H21ClN6O5S/c1-13-7-26-29(10-13)12-17-18(35(4,32)33)6-5-15(19(17)23)20(30)16-9-25-28(3)21(16)34-22(31)14-8-24-27(2)11-14/h5-11H,12H2,1-4H3. The van der Waals surface area contributed by atoms with E-state index in [0.29, 0.717) is 0 Å². The normalized spacial score (nSPS) is 11.6. The molecule has 182 valence electrons. The summed E-state index contributed by atoms with van der Waals surface area (Å²) < 4.78 is 34.5. The number of nitrogens with zero attached hydrogens (tertiary/aromatic N) is 6. The summed E-state index contributed by atoms with van der Waals surface area (Å²) in [5.74, 6) is -1.39. The Hall–Kier alpha value is -3.77. The van der Waals surface area contributed by atoms with Gasteiger partial charge in [0.25, 0.3) is 0 Å². The van der Waals surface area contributed by atoms with Gasteiger partial charge in [-0.15, -0.1) is 0 Å². The summed E-state index contributed by atoms with van der Waals surface area (Å²) in [7, 11) is -0.486. The maximum Gasteiger partial charge on any atom is 0.348 e. The van der Waals surface area contributed by atoms with E-state index < -0.39 is 21.6 Å². The third-order valence-electron chi connectivity index (χ3n) is 5.19. The summed E-state index contributed by atoms with van der Waals surface area (Å²) in [6.45, 7) is 1.88. The van der Waals surface area contributed by atoms with Crippen LogP contribution in [0.25, 0.3) is 0 Å². The summed E-state index contributed by atoms with van der Waals surface area (Å²) in [6, 6.07) is 2.66. The zero-order valence-electron chi connectivity index (χ0n) is 19.3. The van der Waals surface area contributed by atoms with Crippen LogP contribution >= 0.6 is 11.6 Å².